The molecule has 0 aliphatic rings. The van der Waals surface area contributed by atoms with Crippen molar-refractivity contribution in [3.8, 4) is 0 Å². The van der Waals surface area contributed by atoms with E-state index in [9.17, 15) is 0 Å². The van der Waals surface area contributed by atoms with Gasteiger partial charge < -0.3 is 4.52 Å². The Bertz CT molecular complexity index is 1150. The fourth-order valence-electron chi connectivity index (χ4n) is 3.60. The fraction of sp³-hybridized carbons (Fsp3) is 0.111. The Balaban J connectivity index is 1.74. The highest BCUT2D eigenvalue weighted by molar-refractivity contribution is 5.98. The molecule has 0 unspecified atom stereocenters. The lowest BCUT2D eigenvalue weighted by molar-refractivity contribution is 0.391. The second-order valence-corrected chi connectivity index (χ2v) is 7.07. The molecule has 0 amide bonds. The fourth-order valence-corrected chi connectivity index (χ4v) is 3.60. The van der Waals surface area contributed by atoms with E-state index >= 15 is 0 Å². The van der Waals surface area contributed by atoms with Crippen molar-refractivity contribution < 1.29 is 4.52 Å². The first-order chi connectivity index (χ1) is 14.7. The zero-order valence-electron chi connectivity index (χ0n) is 17.2. The predicted molar refractivity (Wildman–Crippen MR) is 123 cm³/mol. The van der Waals surface area contributed by atoms with Crippen LogP contribution in [0.4, 0.5) is 0 Å². The van der Waals surface area contributed by atoms with Gasteiger partial charge in [0.25, 0.3) is 0 Å². The lowest BCUT2D eigenvalue weighted by atomic mass is 9.88. The topological polar surface area (TPSA) is 38.9 Å². The van der Waals surface area contributed by atoms with Crippen molar-refractivity contribution in [1.82, 2.24) is 10.1 Å². The van der Waals surface area contributed by atoms with E-state index in [-0.39, 0.29) is 0 Å². The summed E-state index contributed by atoms with van der Waals surface area (Å²) in [6.07, 6.45) is 4.81. The Hall–Kier alpha value is -3.72. The minimum atomic E-state index is 0.565. The summed E-state index contributed by atoms with van der Waals surface area (Å²) < 4.78 is 5.01. The van der Waals surface area contributed by atoms with E-state index in [0.29, 0.717) is 11.7 Å². The average molecular weight is 393 g/mol. The molecule has 1 aromatic heterocycles. The number of hydrogen-bond donors (Lipinski definition) is 0. The summed E-state index contributed by atoms with van der Waals surface area (Å²) in [7, 11) is 0. The first kappa shape index (κ1) is 19.6. The molecule has 0 saturated heterocycles. The van der Waals surface area contributed by atoms with Crippen LogP contribution in [0.15, 0.2) is 89.5 Å². The molecule has 4 aromatic rings. The number of benzene rings is 3. The molecule has 0 atom stereocenters. The van der Waals surface area contributed by atoms with Crippen molar-refractivity contribution >= 4 is 23.3 Å². The van der Waals surface area contributed by atoms with Crippen LogP contribution in [0.1, 0.15) is 47.3 Å². The minimum absolute atomic E-state index is 0.565. The van der Waals surface area contributed by atoms with Crippen LogP contribution in [0, 0.1) is 6.92 Å². The molecule has 3 nitrogen and oxygen atoms in total. The number of nitrogens with zero attached hydrogens (tertiary/aromatic N) is 2. The smallest absolute Gasteiger partial charge is 0.223 e. The van der Waals surface area contributed by atoms with Crippen molar-refractivity contribution in [2.45, 2.75) is 20.3 Å². The Morgan fingerprint density at radius 1 is 0.767 bits per heavy atom. The zero-order valence-corrected chi connectivity index (χ0v) is 17.2. The molecule has 1 heterocycles. The number of aryl methyl sites for hydroxylation is 1. The van der Waals surface area contributed by atoms with E-state index in [1.54, 1.807) is 6.92 Å². The van der Waals surface area contributed by atoms with Crippen molar-refractivity contribution in [3.05, 3.63) is 119 Å². The van der Waals surface area contributed by atoms with E-state index in [2.05, 4.69) is 102 Å². The molecule has 0 aliphatic carbocycles. The highest BCUT2D eigenvalue weighted by atomic mass is 16.5. The van der Waals surface area contributed by atoms with Crippen molar-refractivity contribution in [3.63, 3.8) is 0 Å². The molecule has 30 heavy (non-hydrogen) atoms. The summed E-state index contributed by atoms with van der Waals surface area (Å²) >= 11 is 0. The van der Waals surface area contributed by atoms with Crippen LogP contribution in [0.3, 0.4) is 0 Å². The molecule has 4 rings (SSSR count). The average Bonchev–Trinajstić information content (AvgIpc) is 3.23. The minimum Gasteiger partial charge on any atom is -0.339 e. The van der Waals surface area contributed by atoms with Crippen molar-refractivity contribution in [1.29, 1.82) is 0 Å². The second-order valence-electron chi connectivity index (χ2n) is 7.07. The van der Waals surface area contributed by atoms with Crippen LogP contribution in [0.2, 0.25) is 0 Å². The molecule has 3 heteroatoms. The Kier molecular flexibility index (Phi) is 6.00. The van der Waals surface area contributed by atoms with Crippen molar-refractivity contribution in [2.75, 3.05) is 0 Å². The third-order valence-corrected chi connectivity index (χ3v) is 5.01. The highest BCUT2D eigenvalue weighted by Gasteiger charge is 2.12. The van der Waals surface area contributed by atoms with Crippen LogP contribution in [-0.2, 0) is 0 Å². The van der Waals surface area contributed by atoms with E-state index in [1.807, 2.05) is 12.2 Å². The van der Waals surface area contributed by atoms with Gasteiger partial charge in [-0.05, 0) is 45.9 Å². The van der Waals surface area contributed by atoms with Gasteiger partial charge in [0, 0.05) is 6.92 Å². The van der Waals surface area contributed by atoms with Gasteiger partial charge in [-0.2, -0.15) is 4.98 Å². The van der Waals surface area contributed by atoms with Gasteiger partial charge in [-0.1, -0.05) is 103 Å². The Labute approximate surface area is 177 Å². The largest absolute Gasteiger partial charge is 0.339 e. The number of rotatable bonds is 6. The standard InChI is InChI=1S/C27H24N2O/c1-3-25(22-10-6-4-7-11-22)27(23-12-8-5-9-13-23)24-17-14-21(15-18-24)16-19-26-28-20(2)30-29-26/h4-19H,3H2,1-2H3. The first-order valence-corrected chi connectivity index (χ1v) is 10.2. The third kappa shape index (κ3) is 4.47. The lowest BCUT2D eigenvalue weighted by Gasteiger charge is -2.16. The molecule has 0 saturated carbocycles. The maximum Gasteiger partial charge on any atom is 0.223 e. The molecular weight excluding hydrogens is 368 g/mol. The second kappa shape index (κ2) is 9.19. The monoisotopic (exact) mass is 392 g/mol. The van der Waals surface area contributed by atoms with Crippen LogP contribution < -0.4 is 0 Å². The Morgan fingerprint density at radius 3 is 1.93 bits per heavy atom. The zero-order chi connectivity index (χ0) is 20.8. The van der Waals surface area contributed by atoms with Gasteiger partial charge in [0.1, 0.15) is 0 Å². The van der Waals surface area contributed by atoms with E-state index in [4.69, 9.17) is 4.52 Å². The molecule has 0 fully saturated rings. The SMILES string of the molecule is CCC(=C(c1ccccc1)c1ccc(C=Cc2noc(C)n2)cc1)c1ccccc1. The molecule has 0 radical (unpaired) electrons. The third-order valence-electron chi connectivity index (χ3n) is 5.01. The summed E-state index contributed by atoms with van der Waals surface area (Å²) in [5.74, 6) is 1.15. The van der Waals surface area contributed by atoms with Gasteiger partial charge in [0.2, 0.25) is 5.89 Å². The molecule has 3 aromatic carbocycles. The van der Waals surface area contributed by atoms with Crippen LogP contribution >= 0.6 is 0 Å². The summed E-state index contributed by atoms with van der Waals surface area (Å²) in [5.41, 5.74) is 7.39. The lowest BCUT2D eigenvalue weighted by Crippen LogP contribution is -1.95. The highest BCUT2D eigenvalue weighted by Crippen LogP contribution is 2.34. The predicted octanol–water partition coefficient (Wildman–Crippen LogP) is 6.92. The molecule has 0 N–H and O–H groups in total. The Morgan fingerprint density at radius 2 is 1.37 bits per heavy atom. The molecule has 0 spiro atoms. The quantitative estimate of drug-likeness (QED) is 0.334. The number of aromatic nitrogens is 2. The maximum absolute atomic E-state index is 5.01. The summed E-state index contributed by atoms with van der Waals surface area (Å²) in [6.45, 7) is 4.00. The van der Waals surface area contributed by atoms with Gasteiger partial charge >= 0.3 is 0 Å². The molecular formula is C27H24N2O. The number of hydrogen-bond acceptors (Lipinski definition) is 3. The van der Waals surface area contributed by atoms with E-state index in [0.717, 1.165) is 12.0 Å². The van der Waals surface area contributed by atoms with Crippen LogP contribution in [-0.4, -0.2) is 10.1 Å². The summed E-state index contributed by atoms with van der Waals surface area (Å²) in [4.78, 5) is 4.21. The van der Waals surface area contributed by atoms with Crippen molar-refractivity contribution in [2.24, 2.45) is 0 Å². The molecule has 0 bridgehead atoms. The van der Waals surface area contributed by atoms with Gasteiger partial charge in [-0.25, -0.2) is 0 Å². The molecule has 0 aliphatic heterocycles. The normalized spacial score (nSPS) is 12.2. The van der Waals surface area contributed by atoms with Gasteiger partial charge in [-0.15, -0.1) is 0 Å². The number of allylic oxidation sites excluding steroid dienone is 1. The van der Waals surface area contributed by atoms with E-state index < -0.39 is 0 Å². The molecule has 148 valence electrons. The van der Waals surface area contributed by atoms with E-state index in [1.165, 1.54) is 27.8 Å². The maximum atomic E-state index is 5.01. The van der Waals surface area contributed by atoms with Crippen LogP contribution in [0.5, 0.6) is 0 Å². The van der Waals surface area contributed by atoms with Crippen LogP contribution in [0.25, 0.3) is 23.3 Å². The summed E-state index contributed by atoms with van der Waals surface area (Å²) in [5, 5.41) is 3.90. The summed E-state index contributed by atoms with van der Waals surface area (Å²) in [6, 6.07) is 29.9. The van der Waals surface area contributed by atoms with Gasteiger partial charge in [-0.3, -0.25) is 0 Å². The van der Waals surface area contributed by atoms with Gasteiger partial charge in [0.05, 0.1) is 0 Å². The van der Waals surface area contributed by atoms with Gasteiger partial charge in [0.15, 0.2) is 5.82 Å². The first-order valence-electron chi connectivity index (χ1n) is 10.2.